The van der Waals surface area contributed by atoms with Crippen LogP contribution in [0.15, 0.2) is 24.3 Å². The average Bonchev–Trinajstić information content (AvgIpc) is 2.36. The highest BCUT2D eigenvalue weighted by Gasteiger charge is 2.16. The summed E-state index contributed by atoms with van der Waals surface area (Å²) in [6, 6.07) is 6.88. The number of anilines is 1. The lowest BCUT2D eigenvalue weighted by Gasteiger charge is -2.15. The molecule has 0 unspecified atom stereocenters. The van der Waals surface area contributed by atoms with Crippen LogP contribution in [0.3, 0.4) is 0 Å². The normalized spacial score (nSPS) is 11.9. The van der Waals surface area contributed by atoms with Gasteiger partial charge in [0.25, 0.3) is 5.91 Å². The number of Topliss-reactive ketones (excluding diaryl/α,β-unsaturated/α-hetero) is 1. The maximum atomic E-state index is 11.9. The Morgan fingerprint density at radius 2 is 2.06 bits per heavy atom. The zero-order chi connectivity index (χ0) is 13.5. The molecular weight excluding hydrogens is 230 g/mol. The van der Waals surface area contributed by atoms with Gasteiger partial charge >= 0.3 is 0 Å². The summed E-state index contributed by atoms with van der Waals surface area (Å²) in [5.74, 6) is -0.206. The first-order chi connectivity index (χ1) is 8.58. The first-order valence-corrected chi connectivity index (χ1v) is 6.12. The first kappa shape index (κ1) is 14.4. The molecule has 1 aromatic carbocycles. The second-order valence-corrected chi connectivity index (χ2v) is 3.98. The summed E-state index contributed by atoms with van der Waals surface area (Å²) in [6.07, 6.45) is 0.169. The Morgan fingerprint density at radius 1 is 1.33 bits per heavy atom. The molecule has 0 aliphatic carbocycles. The average molecular weight is 249 g/mol. The van der Waals surface area contributed by atoms with Crippen molar-refractivity contribution in [2.75, 3.05) is 11.9 Å². The van der Waals surface area contributed by atoms with E-state index < -0.39 is 6.10 Å². The number of rotatable bonds is 6. The summed E-state index contributed by atoms with van der Waals surface area (Å²) in [4.78, 5) is 23.1. The highest BCUT2D eigenvalue weighted by Crippen LogP contribution is 2.12. The van der Waals surface area contributed by atoms with E-state index >= 15 is 0 Å². The molecule has 0 bridgehead atoms. The largest absolute Gasteiger partial charge is 0.369 e. The third-order valence-corrected chi connectivity index (χ3v) is 2.57. The summed E-state index contributed by atoms with van der Waals surface area (Å²) in [5.41, 5.74) is 1.20. The predicted octanol–water partition coefficient (Wildman–Crippen LogP) is 2.64. The molecule has 1 rings (SSSR count). The van der Waals surface area contributed by atoms with E-state index in [1.54, 1.807) is 24.3 Å². The molecule has 0 saturated carbocycles. The highest BCUT2D eigenvalue weighted by molar-refractivity contribution is 5.98. The Morgan fingerprint density at radius 3 is 2.61 bits per heavy atom. The fourth-order valence-electron chi connectivity index (χ4n) is 1.62. The molecule has 1 atom stereocenters. The summed E-state index contributed by atoms with van der Waals surface area (Å²) in [6.45, 7) is 5.74. The van der Waals surface area contributed by atoms with Crippen LogP contribution in [0.2, 0.25) is 0 Å². The lowest BCUT2D eigenvalue weighted by molar-refractivity contribution is -0.127. The number of benzene rings is 1. The molecular formula is C14H19NO3. The van der Waals surface area contributed by atoms with E-state index in [0.717, 1.165) is 0 Å². The van der Waals surface area contributed by atoms with Gasteiger partial charge in [0.05, 0.1) is 0 Å². The maximum absolute atomic E-state index is 11.9. The van der Waals surface area contributed by atoms with Gasteiger partial charge in [-0.1, -0.05) is 19.1 Å². The smallest absolute Gasteiger partial charge is 0.253 e. The zero-order valence-corrected chi connectivity index (χ0v) is 11.0. The molecule has 1 aromatic rings. The second-order valence-electron chi connectivity index (χ2n) is 3.98. The fourth-order valence-corrected chi connectivity index (χ4v) is 1.62. The minimum absolute atomic E-state index is 0.0250. The van der Waals surface area contributed by atoms with Crippen LogP contribution in [0, 0.1) is 0 Å². The van der Waals surface area contributed by atoms with Gasteiger partial charge in [-0.15, -0.1) is 0 Å². The van der Waals surface area contributed by atoms with Crippen LogP contribution in [-0.2, 0) is 9.53 Å². The van der Waals surface area contributed by atoms with Crippen molar-refractivity contribution in [1.82, 2.24) is 0 Å². The molecule has 0 aliphatic heterocycles. The number of ether oxygens (including phenoxy) is 1. The van der Waals surface area contributed by atoms with Gasteiger partial charge in [-0.05, 0) is 32.4 Å². The predicted molar refractivity (Wildman–Crippen MR) is 70.8 cm³/mol. The van der Waals surface area contributed by atoms with Gasteiger partial charge in [-0.3, -0.25) is 9.59 Å². The van der Waals surface area contributed by atoms with E-state index in [2.05, 4.69) is 5.32 Å². The van der Waals surface area contributed by atoms with Crippen molar-refractivity contribution in [2.24, 2.45) is 0 Å². The monoisotopic (exact) mass is 249 g/mol. The Balaban J connectivity index is 2.74. The van der Waals surface area contributed by atoms with Gasteiger partial charge in [-0.25, -0.2) is 0 Å². The van der Waals surface area contributed by atoms with Crippen molar-refractivity contribution >= 4 is 17.4 Å². The van der Waals surface area contributed by atoms with Gasteiger partial charge in [-0.2, -0.15) is 0 Å². The molecule has 98 valence electrons. The standard InChI is InChI=1S/C14H19NO3/c1-4-13(18-5-2)14(17)15-12-8-6-7-11(9-12)10(3)16/h6-9,13H,4-5H2,1-3H3,(H,15,17)/t13-/m1/s1. The third-order valence-electron chi connectivity index (χ3n) is 2.57. The van der Waals surface area contributed by atoms with Crippen molar-refractivity contribution in [3.8, 4) is 0 Å². The zero-order valence-electron chi connectivity index (χ0n) is 11.0. The fraction of sp³-hybridized carbons (Fsp3) is 0.429. The van der Waals surface area contributed by atoms with Crippen LogP contribution < -0.4 is 5.32 Å². The van der Waals surface area contributed by atoms with E-state index in [9.17, 15) is 9.59 Å². The van der Waals surface area contributed by atoms with Crippen LogP contribution in [0.1, 0.15) is 37.6 Å². The van der Waals surface area contributed by atoms with Crippen LogP contribution in [0.25, 0.3) is 0 Å². The summed E-state index contributed by atoms with van der Waals surface area (Å²) in [7, 11) is 0. The second kappa shape index (κ2) is 6.91. The molecule has 0 aliphatic rings. The Kier molecular flexibility index (Phi) is 5.52. The van der Waals surface area contributed by atoms with Crippen molar-refractivity contribution < 1.29 is 14.3 Å². The van der Waals surface area contributed by atoms with Gasteiger partial charge < -0.3 is 10.1 Å². The summed E-state index contributed by atoms with van der Waals surface area (Å²) < 4.78 is 5.32. The number of amides is 1. The highest BCUT2D eigenvalue weighted by atomic mass is 16.5. The Bertz CT molecular complexity index is 429. The van der Waals surface area contributed by atoms with Gasteiger partial charge in [0.1, 0.15) is 6.10 Å². The van der Waals surface area contributed by atoms with Crippen molar-refractivity contribution in [2.45, 2.75) is 33.3 Å². The van der Waals surface area contributed by atoms with Gasteiger partial charge in [0, 0.05) is 17.9 Å². The number of hydrogen-bond acceptors (Lipinski definition) is 3. The first-order valence-electron chi connectivity index (χ1n) is 6.12. The minimum Gasteiger partial charge on any atom is -0.369 e. The van der Waals surface area contributed by atoms with E-state index in [1.165, 1.54) is 6.92 Å². The maximum Gasteiger partial charge on any atom is 0.253 e. The number of carbonyl (C=O) groups is 2. The molecule has 0 radical (unpaired) electrons. The number of nitrogens with one attached hydrogen (secondary N) is 1. The van der Waals surface area contributed by atoms with Gasteiger partial charge in [0.15, 0.2) is 5.78 Å². The Labute approximate surface area is 107 Å². The van der Waals surface area contributed by atoms with Crippen molar-refractivity contribution in [3.05, 3.63) is 29.8 Å². The summed E-state index contributed by atoms with van der Waals surface area (Å²) >= 11 is 0. The number of carbonyl (C=O) groups excluding carboxylic acids is 2. The van der Waals surface area contributed by atoms with E-state index in [1.807, 2.05) is 13.8 Å². The number of ketones is 1. The van der Waals surface area contributed by atoms with Crippen LogP contribution >= 0.6 is 0 Å². The van der Waals surface area contributed by atoms with Crippen molar-refractivity contribution in [3.63, 3.8) is 0 Å². The van der Waals surface area contributed by atoms with Crippen LogP contribution in [-0.4, -0.2) is 24.4 Å². The topological polar surface area (TPSA) is 55.4 Å². The van der Waals surface area contributed by atoms with E-state index in [-0.39, 0.29) is 11.7 Å². The molecule has 0 spiro atoms. The molecule has 0 aromatic heterocycles. The lowest BCUT2D eigenvalue weighted by Crippen LogP contribution is -2.29. The molecule has 0 saturated heterocycles. The van der Waals surface area contributed by atoms with Crippen LogP contribution in [0.4, 0.5) is 5.69 Å². The van der Waals surface area contributed by atoms with Crippen molar-refractivity contribution in [1.29, 1.82) is 0 Å². The summed E-state index contributed by atoms with van der Waals surface area (Å²) in [5, 5.41) is 2.76. The minimum atomic E-state index is -0.448. The molecule has 1 N–H and O–H groups in total. The quantitative estimate of drug-likeness (QED) is 0.788. The third kappa shape index (κ3) is 3.96. The SMILES string of the molecule is CCO[C@H](CC)C(=O)Nc1cccc(C(C)=O)c1. The molecule has 18 heavy (non-hydrogen) atoms. The van der Waals surface area contributed by atoms with Crippen LogP contribution in [0.5, 0.6) is 0 Å². The lowest BCUT2D eigenvalue weighted by atomic mass is 10.1. The van der Waals surface area contributed by atoms with E-state index in [4.69, 9.17) is 4.74 Å². The van der Waals surface area contributed by atoms with Gasteiger partial charge in [0.2, 0.25) is 0 Å². The molecule has 4 heteroatoms. The Hall–Kier alpha value is -1.68. The van der Waals surface area contributed by atoms with E-state index in [0.29, 0.717) is 24.3 Å². The molecule has 0 fully saturated rings. The molecule has 0 heterocycles. The molecule has 4 nitrogen and oxygen atoms in total. The molecule has 1 amide bonds. The number of hydrogen-bond donors (Lipinski definition) is 1.